The molecule has 1 fully saturated rings. The van der Waals surface area contributed by atoms with Crippen molar-refractivity contribution in [3.8, 4) is 5.75 Å². The number of carbonyl (C=O) groups is 2. The molecule has 19 heavy (non-hydrogen) atoms. The van der Waals surface area contributed by atoms with Gasteiger partial charge >= 0.3 is 6.03 Å². The Hall–Kier alpha value is -2.04. The van der Waals surface area contributed by atoms with Gasteiger partial charge in [0, 0.05) is 19.5 Å². The van der Waals surface area contributed by atoms with Crippen molar-refractivity contribution >= 4 is 11.9 Å². The van der Waals surface area contributed by atoms with Gasteiger partial charge in [0.05, 0.1) is 7.11 Å². The summed E-state index contributed by atoms with van der Waals surface area (Å²) in [6, 6.07) is 7.33. The molecule has 0 aromatic heterocycles. The number of amides is 3. The number of ether oxygens (including phenoxy) is 1. The molecule has 0 aliphatic carbocycles. The van der Waals surface area contributed by atoms with Gasteiger partial charge in [0.25, 0.3) is 0 Å². The Morgan fingerprint density at radius 1 is 1.37 bits per heavy atom. The maximum absolute atomic E-state index is 11.9. The molecule has 0 atom stereocenters. The SMILES string of the molecule is COc1ccc(CCC(=O)N2CCCNC2=O)cc1. The first-order valence-electron chi connectivity index (χ1n) is 6.42. The van der Waals surface area contributed by atoms with Crippen LogP contribution in [0.4, 0.5) is 4.79 Å². The summed E-state index contributed by atoms with van der Waals surface area (Å²) in [4.78, 5) is 24.8. The molecule has 0 saturated carbocycles. The highest BCUT2D eigenvalue weighted by Gasteiger charge is 2.23. The van der Waals surface area contributed by atoms with E-state index in [1.54, 1.807) is 7.11 Å². The van der Waals surface area contributed by atoms with Gasteiger partial charge in [-0.15, -0.1) is 0 Å². The normalized spacial score (nSPS) is 15.0. The summed E-state index contributed by atoms with van der Waals surface area (Å²) < 4.78 is 5.08. The topological polar surface area (TPSA) is 58.6 Å². The van der Waals surface area contributed by atoms with Crippen LogP contribution in [0.3, 0.4) is 0 Å². The minimum absolute atomic E-state index is 0.118. The predicted molar refractivity (Wildman–Crippen MR) is 71.0 cm³/mol. The molecule has 1 aromatic rings. The summed E-state index contributed by atoms with van der Waals surface area (Å²) in [7, 11) is 1.62. The zero-order valence-corrected chi connectivity index (χ0v) is 11.0. The lowest BCUT2D eigenvalue weighted by Gasteiger charge is -2.25. The molecule has 0 radical (unpaired) electrons. The number of rotatable bonds is 4. The van der Waals surface area contributed by atoms with Crippen LogP contribution in [-0.2, 0) is 11.2 Å². The molecule has 1 aliphatic heterocycles. The number of imide groups is 1. The van der Waals surface area contributed by atoms with Crippen LogP contribution in [0.5, 0.6) is 5.75 Å². The molecule has 1 heterocycles. The van der Waals surface area contributed by atoms with Gasteiger partial charge < -0.3 is 10.1 Å². The van der Waals surface area contributed by atoms with Gasteiger partial charge in [-0.1, -0.05) is 12.1 Å². The van der Waals surface area contributed by atoms with Crippen molar-refractivity contribution in [3.63, 3.8) is 0 Å². The van der Waals surface area contributed by atoms with Gasteiger partial charge in [-0.2, -0.15) is 0 Å². The van der Waals surface area contributed by atoms with E-state index in [0.29, 0.717) is 25.9 Å². The lowest BCUT2D eigenvalue weighted by Crippen LogP contribution is -2.49. The number of nitrogens with one attached hydrogen (secondary N) is 1. The second-order valence-electron chi connectivity index (χ2n) is 4.48. The monoisotopic (exact) mass is 262 g/mol. The van der Waals surface area contributed by atoms with E-state index >= 15 is 0 Å². The van der Waals surface area contributed by atoms with Crippen LogP contribution in [0, 0.1) is 0 Å². The smallest absolute Gasteiger partial charge is 0.324 e. The first-order chi connectivity index (χ1) is 9.20. The molecule has 1 aromatic carbocycles. The number of carbonyl (C=O) groups excluding carboxylic acids is 2. The quantitative estimate of drug-likeness (QED) is 0.896. The fourth-order valence-corrected chi connectivity index (χ4v) is 2.05. The molecule has 2 rings (SSSR count). The molecule has 0 bridgehead atoms. The number of aryl methyl sites for hydroxylation is 1. The number of urea groups is 1. The first-order valence-corrected chi connectivity index (χ1v) is 6.42. The number of hydrogen-bond acceptors (Lipinski definition) is 3. The molecule has 1 N–H and O–H groups in total. The minimum atomic E-state index is -0.272. The van der Waals surface area contributed by atoms with Crippen LogP contribution in [0.25, 0.3) is 0 Å². The van der Waals surface area contributed by atoms with Crippen molar-refractivity contribution in [2.75, 3.05) is 20.2 Å². The number of nitrogens with zero attached hydrogens (tertiary/aromatic N) is 1. The van der Waals surface area contributed by atoms with Crippen LogP contribution >= 0.6 is 0 Å². The van der Waals surface area contributed by atoms with Crippen molar-refractivity contribution in [1.29, 1.82) is 0 Å². The molecule has 102 valence electrons. The van der Waals surface area contributed by atoms with Crippen molar-refractivity contribution in [2.24, 2.45) is 0 Å². The third kappa shape index (κ3) is 3.47. The number of benzene rings is 1. The zero-order valence-electron chi connectivity index (χ0n) is 11.0. The lowest BCUT2D eigenvalue weighted by molar-refractivity contribution is -0.128. The lowest BCUT2D eigenvalue weighted by atomic mass is 10.1. The largest absolute Gasteiger partial charge is 0.497 e. The van der Waals surface area contributed by atoms with E-state index in [2.05, 4.69) is 5.32 Å². The summed E-state index contributed by atoms with van der Waals surface area (Å²) >= 11 is 0. The van der Waals surface area contributed by atoms with Crippen LogP contribution in [0.15, 0.2) is 24.3 Å². The minimum Gasteiger partial charge on any atom is -0.497 e. The number of methoxy groups -OCH3 is 1. The third-order valence-corrected chi connectivity index (χ3v) is 3.17. The average molecular weight is 262 g/mol. The van der Waals surface area contributed by atoms with Gasteiger partial charge in [0.15, 0.2) is 0 Å². The Balaban J connectivity index is 1.86. The van der Waals surface area contributed by atoms with Crippen LogP contribution in [0.2, 0.25) is 0 Å². The van der Waals surface area contributed by atoms with Crippen molar-refractivity contribution in [3.05, 3.63) is 29.8 Å². The van der Waals surface area contributed by atoms with E-state index in [-0.39, 0.29) is 11.9 Å². The molecular weight excluding hydrogens is 244 g/mol. The molecule has 5 nitrogen and oxygen atoms in total. The van der Waals surface area contributed by atoms with Crippen molar-refractivity contribution in [1.82, 2.24) is 10.2 Å². The maximum atomic E-state index is 11.9. The van der Waals surface area contributed by atoms with E-state index in [1.807, 2.05) is 24.3 Å². The average Bonchev–Trinajstić information content (AvgIpc) is 2.46. The summed E-state index contributed by atoms with van der Waals surface area (Å²) in [6.07, 6.45) is 1.80. The Bertz CT molecular complexity index is 456. The van der Waals surface area contributed by atoms with Crippen LogP contribution in [-0.4, -0.2) is 37.0 Å². The van der Waals surface area contributed by atoms with Gasteiger partial charge in [-0.3, -0.25) is 9.69 Å². The van der Waals surface area contributed by atoms with E-state index in [0.717, 1.165) is 17.7 Å². The fraction of sp³-hybridized carbons (Fsp3) is 0.429. The van der Waals surface area contributed by atoms with Crippen molar-refractivity contribution < 1.29 is 14.3 Å². The highest BCUT2D eigenvalue weighted by Crippen LogP contribution is 2.13. The van der Waals surface area contributed by atoms with Gasteiger partial charge in [0.1, 0.15) is 5.75 Å². The highest BCUT2D eigenvalue weighted by atomic mass is 16.5. The van der Waals surface area contributed by atoms with Gasteiger partial charge in [-0.25, -0.2) is 4.79 Å². The summed E-state index contributed by atoms with van der Waals surface area (Å²) in [6.45, 7) is 1.17. The standard InChI is InChI=1S/C14H18N2O3/c1-19-12-6-3-11(4-7-12)5-8-13(17)16-10-2-9-15-14(16)18/h3-4,6-7H,2,5,8-10H2,1H3,(H,15,18). The summed E-state index contributed by atoms with van der Waals surface area (Å²) in [5, 5.41) is 2.68. The molecule has 1 aliphatic rings. The highest BCUT2D eigenvalue weighted by molar-refractivity contribution is 5.94. The molecule has 0 unspecified atom stereocenters. The Morgan fingerprint density at radius 3 is 2.74 bits per heavy atom. The molecular formula is C14H18N2O3. The Kier molecular flexibility index (Phi) is 4.39. The van der Waals surface area contributed by atoms with E-state index in [9.17, 15) is 9.59 Å². The predicted octanol–water partition coefficient (Wildman–Crippen LogP) is 1.57. The van der Waals surface area contributed by atoms with Gasteiger partial charge in [0.2, 0.25) is 5.91 Å². The number of hydrogen-bond donors (Lipinski definition) is 1. The van der Waals surface area contributed by atoms with Gasteiger partial charge in [-0.05, 0) is 30.5 Å². The van der Waals surface area contributed by atoms with E-state index in [1.165, 1.54) is 4.90 Å². The van der Waals surface area contributed by atoms with Crippen LogP contribution in [0.1, 0.15) is 18.4 Å². The van der Waals surface area contributed by atoms with Crippen LogP contribution < -0.4 is 10.1 Å². The van der Waals surface area contributed by atoms with Crippen molar-refractivity contribution in [2.45, 2.75) is 19.3 Å². The summed E-state index contributed by atoms with van der Waals surface area (Å²) in [5.74, 6) is 0.679. The van der Waals surface area contributed by atoms with E-state index < -0.39 is 0 Å². The molecule has 5 heteroatoms. The maximum Gasteiger partial charge on any atom is 0.324 e. The second kappa shape index (κ2) is 6.22. The van der Waals surface area contributed by atoms with E-state index in [4.69, 9.17) is 4.74 Å². The molecule has 3 amide bonds. The second-order valence-corrected chi connectivity index (χ2v) is 4.48. The first kappa shape index (κ1) is 13.4. The Morgan fingerprint density at radius 2 is 2.11 bits per heavy atom. The fourth-order valence-electron chi connectivity index (χ4n) is 2.05. The zero-order chi connectivity index (χ0) is 13.7. The molecule has 0 spiro atoms. The third-order valence-electron chi connectivity index (χ3n) is 3.17. The summed E-state index contributed by atoms with van der Waals surface area (Å²) in [5.41, 5.74) is 1.06. The molecule has 1 saturated heterocycles. The Labute approximate surface area is 112 Å².